The summed E-state index contributed by atoms with van der Waals surface area (Å²) in [6, 6.07) is 6.43. The van der Waals surface area contributed by atoms with Crippen molar-refractivity contribution in [2.75, 3.05) is 13.2 Å². The van der Waals surface area contributed by atoms with Crippen LogP contribution in [0.4, 0.5) is 0 Å². The summed E-state index contributed by atoms with van der Waals surface area (Å²) in [5.74, 6) is 0. The average molecular weight is 286 g/mol. The van der Waals surface area contributed by atoms with Gasteiger partial charge in [-0.3, -0.25) is 4.18 Å². The summed E-state index contributed by atoms with van der Waals surface area (Å²) in [4.78, 5) is 0.114. The molecule has 1 heterocycles. The van der Waals surface area contributed by atoms with Crippen molar-refractivity contribution in [1.29, 1.82) is 0 Å². The van der Waals surface area contributed by atoms with Gasteiger partial charge in [0.2, 0.25) is 0 Å². The van der Waals surface area contributed by atoms with Gasteiger partial charge < -0.3 is 9.84 Å². The zero-order valence-corrected chi connectivity index (χ0v) is 11.6. The van der Waals surface area contributed by atoms with Gasteiger partial charge in [0.1, 0.15) is 6.10 Å². The van der Waals surface area contributed by atoms with Crippen LogP contribution in [-0.2, 0) is 19.0 Å². The number of hydrogen-bond donors (Lipinski definition) is 1. The number of aliphatic hydroxyl groups is 1. The molecule has 0 unspecified atom stereocenters. The number of rotatable bonds is 4. The van der Waals surface area contributed by atoms with Crippen LogP contribution in [0.25, 0.3) is 0 Å². The van der Waals surface area contributed by atoms with E-state index in [0.717, 1.165) is 12.0 Å². The SMILES string of the molecule is Cc1ccc(S(=O)(=O)OC[C@H]2OCCC[C@@H]2O)cc1. The second-order valence-corrected chi connectivity index (χ2v) is 6.29. The summed E-state index contributed by atoms with van der Waals surface area (Å²) in [6.45, 7) is 2.25. The fraction of sp³-hybridized carbons (Fsp3) is 0.538. The first-order valence-corrected chi connectivity index (χ1v) is 7.65. The number of aliphatic hydroxyl groups excluding tert-OH is 1. The Morgan fingerprint density at radius 2 is 2.05 bits per heavy atom. The highest BCUT2D eigenvalue weighted by Gasteiger charge is 2.26. The van der Waals surface area contributed by atoms with Gasteiger partial charge in [-0.05, 0) is 31.9 Å². The van der Waals surface area contributed by atoms with Crippen LogP contribution >= 0.6 is 0 Å². The van der Waals surface area contributed by atoms with E-state index >= 15 is 0 Å². The molecule has 1 N–H and O–H groups in total. The Labute approximate surface area is 113 Å². The van der Waals surface area contributed by atoms with Crippen molar-refractivity contribution in [2.45, 2.75) is 36.9 Å². The highest BCUT2D eigenvalue weighted by Crippen LogP contribution is 2.18. The monoisotopic (exact) mass is 286 g/mol. The van der Waals surface area contributed by atoms with Crippen LogP contribution in [0.15, 0.2) is 29.2 Å². The van der Waals surface area contributed by atoms with E-state index in [-0.39, 0.29) is 11.5 Å². The van der Waals surface area contributed by atoms with Crippen LogP contribution in [-0.4, -0.2) is 38.9 Å². The second-order valence-electron chi connectivity index (χ2n) is 4.67. The van der Waals surface area contributed by atoms with Gasteiger partial charge in [0.05, 0.1) is 17.6 Å². The zero-order chi connectivity index (χ0) is 13.9. The van der Waals surface area contributed by atoms with Gasteiger partial charge >= 0.3 is 0 Å². The molecule has 2 rings (SSSR count). The lowest BCUT2D eigenvalue weighted by molar-refractivity contribution is -0.0892. The maximum Gasteiger partial charge on any atom is 0.297 e. The molecular weight excluding hydrogens is 268 g/mol. The largest absolute Gasteiger partial charge is 0.390 e. The van der Waals surface area contributed by atoms with Crippen molar-refractivity contribution in [3.05, 3.63) is 29.8 Å². The fourth-order valence-corrected chi connectivity index (χ4v) is 2.83. The van der Waals surface area contributed by atoms with Gasteiger partial charge in [-0.2, -0.15) is 8.42 Å². The Morgan fingerprint density at radius 3 is 2.68 bits per heavy atom. The van der Waals surface area contributed by atoms with E-state index in [2.05, 4.69) is 0 Å². The molecule has 19 heavy (non-hydrogen) atoms. The van der Waals surface area contributed by atoms with Crippen molar-refractivity contribution in [1.82, 2.24) is 0 Å². The molecule has 2 atom stereocenters. The van der Waals surface area contributed by atoms with Crippen LogP contribution in [0.5, 0.6) is 0 Å². The van der Waals surface area contributed by atoms with Gasteiger partial charge in [-0.1, -0.05) is 17.7 Å². The fourth-order valence-electron chi connectivity index (χ4n) is 1.91. The van der Waals surface area contributed by atoms with Crippen molar-refractivity contribution >= 4 is 10.1 Å². The molecule has 5 nitrogen and oxygen atoms in total. The van der Waals surface area contributed by atoms with Crippen molar-refractivity contribution in [2.24, 2.45) is 0 Å². The Kier molecular flexibility index (Phi) is 4.57. The predicted octanol–water partition coefficient (Wildman–Crippen LogP) is 1.24. The number of hydrogen-bond acceptors (Lipinski definition) is 5. The molecule has 1 fully saturated rings. The Bertz CT molecular complexity index is 508. The van der Waals surface area contributed by atoms with Crippen LogP contribution in [0, 0.1) is 6.92 Å². The summed E-state index contributed by atoms with van der Waals surface area (Å²) >= 11 is 0. The molecule has 1 aromatic carbocycles. The third-order valence-corrected chi connectivity index (χ3v) is 4.40. The first-order valence-electron chi connectivity index (χ1n) is 6.25. The first kappa shape index (κ1) is 14.5. The lowest BCUT2D eigenvalue weighted by atomic mass is 10.1. The number of aryl methyl sites for hydroxylation is 1. The number of ether oxygens (including phenoxy) is 1. The molecular formula is C13H18O5S. The molecule has 1 saturated heterocycles. The Hall–Kier alpha value is -0.950. The third-order valence-electron chi connectivity index (χ3n) is 3.10. The van der Waals surface area contributed by atoms with Gasteiger partial charge in [0.15, 0.2) is 0 Å². The van der Waals surface area contributed by atoms with Crippen LogP contribution in [0.2, 0.25) is 0 Å². The summed E-state index contributed by atoms with van der Waals surface area (Å²) < 4.78 is 34.1. The summed E-state index contributed by atoms with van der Waals surface area (Å²) in [5, 5.41) is 9.67. The minimum absolute atomic E-state index is 0.114. The van der Waals surface area contributed by atoms with Crippen molar-refractivity contribution in [3.8, 4) is 0 Å². The van der Waals surface area contributed by atoms with E-state index < -0.39 is 22.3 Å². The van der Waals surface area contributed by atoms with E-state index in [0.29, 0.717) is 13.0 Å². The predicted molar refractivity (Wildman–Crippen MR) is 69.3 cm³/mol. The summed E-state index contributed by atoms with van der Waals surface area (Å²) in [5.41, 5.74) is 0.977. The second kappa shape index (κ2) is 6.00. The first-order chi connectivity index (χ1) is 8.99. The van der Waals surface area contributed by atoms with Gasteiger partial charge in [0.25, 0.3) is 10.1 Å². The lowest BCUT2D eigenvalue weighted by Gasteiger charge is -2.27. The van der Waals surface area contributed by atoms with Gasteiger partial charge in [0, 0.05) is 6.61 Å². The van der Waals surface area contributed by atoms with E-state index in [4.69, 9.17) is 8.92 Å². The van der Waals surface area contributed by atoms with E-state index in [1.165, 1.54) is 12.1 Å². The summed E-state index contributed by atoms with van der Waals surface area (Å²) in [6.07, 6.45) is 0.150. The molecule has 6 heteroatoms. The highest BCUT2D eigenvalue weighted by molar-refractivity contribution is 7.86. The molecule has 0 bridgehead atoms. The molecule has 0 amide bonds. The van der Waals surface area contributed by atoms with Gasteiger partial charge in [-0.15, -0.1) is 0 Å². The van der Waals surface area contributed by atoms with E-state index in [1.54, 1.807) is 12.1 Å². The maximum atomic E-state index is 11.9. The van der Waals surface area contributed by atoms with Crippen molar-refractivity contribution in [3.63, 3.8) is 0 Å². The molecule has 0 spiro atoms. The highest BCUT2D eigenvalue weighted by atomic mass is 32.2. The molecule has 0 saturated carbocycles. The normalized spacial score (nSPS) is 24.3. The quantitative estimate of drug-likeness (QED) is 0.843. The Balaban J connectivity index is 1.99. The van der Waals surface area contributed by atoms with Crippen molar-refractivity contribution < 1.29 is 22.4 Å². The van der Waals surface area contributed by atoms with Crippen LogP contribution in [0.1, 0.15) is 18.4 Å². The Morgan fingerprint density at radius 1 is 1.37 bits per heavy atom. The molecule has 0 aliphatic carbocycles. The molecule has 1 aliphatic rings. The summed E-state index contributed by atoms with van der Waals surface area (Å²) in [7, 11) is -3.79. The zero-order valence-electron chi connectivity index (χ0n) is 10.8. The average Bonchev–Trinajstić information content (AvgIpc) is 2.38. The van der Waals surface area contributed by atoms with Crippen LogP contribution in [0.3, 0.4) is 0 Å². The van der Waals surface area contributed by atoms with E-state index in [1.807, 2.05) is 6.92 Å². The standard InChI is InChI=1S/C13H18O5S/c1-10-4-6-11(7-5-10)19(15,16)18-9-13-12(14)3-2-8-17-13/h4-7,12-14H,2-3,8-9H2,1H3/t12-,13+/m0/s1. The molecule has 106 valence electrons. The van der Waals surface area contributed by atoms with Gasteiger partial charge in [-0.25, -0.2) is 0 Å². The molecule has 0 radical (unpaired) electrons. The van der Waals surface area contributed by atoms with E-state index in [9.17, 15) is 13.5 Å². The molecule has 0 aromatic heterocycles. The molecule has 1 aromatic rings. The topological polar surface area (TPSA) is 72.8 Å². The maximum absolute atomic E-state index is 11.9. The minimum atomic E-state index is -3.79. The number of benzene rings is 1. The lowest BCUT2D eigenvalue weighted by Crippen LogP contribution is -2.38. The minimum Gasteiger partial charge on any atom is -0.390 e. The third kappa shape index (κ3) is 3.76. The van der Waals surface area contributed by atoms with Crippen LogP contribution < -0.4 is 0 Å². The smallest absolute Gasteiger partial charge is 0.297 e. The molecule has 1 aliphatic heterocycles.